The van der Waals surface area contributed by atoms with Gasteiger partial charge in [-0.05, 0) is 43.7 Å². The lowest BCUT2D eigenvalue weighted by atomic mass is 9.99. The van der Waals surface area contributed by atoms with E-state index in [2.05, 4.69) is 16.9 Å². The van der Waals surface area contributed by atoms with Gasteiger partial charge in [0.2, 0.25) is 0 Å². The Morgan fingerprint density at radius 3 is 2.28 bits per heavy atom. The van der Waals surface area contributed by atoms with Crippen LogP contribution in [0.2, 0.25) is 0 Å². The Morgan fingerprint density at radius 1 is 0.966 bits per heavy atom. The SMILES string of the molecule is CCOc1cc2c(cc1OCC)C[NH+](CC(=O)NNC(=O)c1ccccc1)CC2. The number of hydrogen-bond acceptors (Lipinski definition) is 4. The molecule has 154 valence electrons. The number of carbonyl (C=O) groups is 2. The van der Waals surface area contributed by atoms with Gasteiger partial charge in [0.15, 0.2) is 18.0 Å². The number of quaternary nitrogens is 1. The highest BCUT2D eigenvalue weighted by atomic mass is 16.5. The summed E-state index contributed by atoms with van der Waals surface area (Å²) in [5.41, 5.74) is 7.87. The van der Waals surface area contributed by atoms with Crippen molar-refractivity contribution in [2.24, 2.45) is 0 Å². The zero-order valence-corrected chi connectivity index (χ0v) is 16.9. The summed E-state index contributed by atoms with van der Waals surface area (Å²) in [5.74, 6) is 0.971. The molecule has 29 heavy (non-hydrogen) atoms. The minimum Gasteiger partial charge on any atom is -0.490 e. The van der Waals surface area contributed by atoms with Gasteiger partial charge in [0.25, 0.3) is 11.8 Å². The quantitative estimate of drug-likeness (QED) is 0.605. The summed E-state index contributed by atoms with van der Waals surface area (Å²) >= 11 is 0. The molecule has 2 aromatic carbocycles. The lowest BCUT2D eigenvalue weighted by molar-refractivity contribution is -0.908. The van der Waals surface area contributed by atoms with Crippen molar-refractivity contribution in [3.8, 4) is 11.5 Å². The molecule has 0 saturated carbocycles. The van der Waals surface area contributed by atoms with Gasteiger partial charge in [-0.3, -0.25) is 20.4 Å². The first-order valence-electron chi connectivity index (χ1n) is 9.99. The summed E-state index contributed by atoms with van der Waals surface area (Å²) in [6.07, 6.45) is 0.862. The first-order chi connectivity index (χ1) is 14.1. The zero-order chi connectivity index (χ0) is 20.6. The highest BCUT2D eigenvalue weighted by Gasteiger charge is 2.24. The molecule has 0 aromatic heterocycles. The third kappa shape index (κ3) is 5.48. The normalized spacial score (nSPS) is 15.2. The average molecular weight is 398 g/mol. The second-order valence-electron chi connectivity index (χ2n) is 6.91. The van der Waals surface area contributed by atoms with Crippen LogP contribution >= 0.6 is 0 Å². The molecule has 7 heteroatoms. The number of benzene rings is 2. The fraction of sp³-hybridized carbons (Fsp3) is 0.364. The molecule has 0 aliphatic carbocycles. The molecule has 1 atom stereocenters. The second kappa shape index (κ2) is 9.93. The standard InChI is InChI=1S/C22H27N3O4/c1-3-28-19-12-17-10-11-25(14-18(17)13-20(19)29-4-2)15-21(26)23-24-22(27)16-8-6-5-7-9-16/h5-9,12-13H,3-4,10-11,14-15H2,1-2H3,(H,23,26)(H,24,27)/p+1. The van der Waals surface area contributed by atoms with Crippen LogP contribution in [-0.2, 0) is 17.8 Å². The van der Waals surface area contributed by atoms with Gasteiger partial charge in [-0.2, -0.15) is 0 Å². The van der Waals surface area contributed by atoms with Gasteiger partial charge >= 0.3 is 0 Å². The van der Waals surface area contributed by atoms with Crippen LogP contribution in [0.25, 0.3) is 0 Å². The molecule has 7 nitrogen and oxygen atoms in total. The minimum absolute atomic E-state index is 0.219. The summed E-state index contributed by atoms with van der Waals surface area (Å²) in [6, 6.07) is 12.9. The van der Waals surface area contributed by atoms with Crippen molar-refractivity contribution in [3.05, 3.63) is 59.2 Å². The molecule has 0 fully saturated rings. The third-order valence-corrected chi connectivity index (χ3v) is 4.82. The van der Waals surface area contributed by atoms with Crippen LogP contribution in [0.3, 0.4) is 0 Å². The number of carbonyl (C=O) groups excluding carboxylic acids is 2. The van der Waals surface area contributed by atoms with Crippen molar-refractivity contribution in [1.82, 2.24) is 10.9 Å². The predicted molar refractivity (Wildman–Crippen MR) is 109 cm³/mol. The van der Waals surface area contributed by atoms with Crippen LogP contribution in [0.5, 0.6) is 11.5 Å². The molecule has 0 bridgehead atoms. The molecule has 3 rings (SSSR count). The molecule has 0 saturated heterocycles. The predicted octanol–water partition coefficient (Wildman–Crippen LogP) is 0.886. The Kier molecular flexibility index (Phi) is 7.08. The van der Waals surface area contributed by atoms with Crippen LogP contribution in [0.4, 0.5) is 0 Å². The minimum atomic E-state index is -0.331. The summed E-state index contributed by atoms with van der Waals surface area (Å²) in [5, 5.41) is 0. The zero-order valence-electron chi connectivity index (χ0n) is 16.9. The van der Waals surface area contributed by atoms with E-state index in [1.807, 2.05) is 26.0 Å². The van der Waals surface area contributed by atoms with Gasteiger partial charge < -0.3 is 14.4 Å². The molecule has 3 N–H and O–H groups in total. The van der Waals surface area contributed by atoms with Crippen LogP contribution in [-0.4, -0.2) is 38.1 Å². The van der Waals surface area contributed by atoms with E-state index < -0.39 is 0 Å². The number of ether oxygens (including phenoxy) is 2. The number of rotatable bonds is 7. The molecular weight excluding hydrogens is 370 g/mol. The van der Waals surface area contributed by atoms with Crippen molar-refractivity contribution in [3.63, 3.8) is 0 Å². The van der Waals surface area contributed by atoms with E-state index >= 15 is 0 Å². The molecule has 1 aliphatic heterocycles. The summed E-state index contributed by atoms with van der Waals surface area (Å²) in [7, 11) is 0. The van der Waals surface area contributed by atoms with E-state index in [9.17, 15) is 9.59 Å². The maximum absolute atomic E-state index is 12.3. The number of hydrogen-bond donors (Lipinski definition) is 3. The maximum atomic E-state index is 12.3. The van der Waals surface area contributed by atoms with Gasteiger partial charge in [0, 0.05) is 17.5 Å². The van der Waals surface area contributed by atoms with Gasteiger partial charge in [-0.15, -0.1) is 0 Å². The highest BCUT2D eigenvalue weighted by Crippen LogP contribution is 2.32. The largest absolute Gasteiger partial charge is 0.490 e. The van der Waals surface area contributed by atoms with Crippen molar-refractivity contribution in [2.75, 3.05) is 26.3 Å². The molecule has 2 aromatic rings. The molecule has 1 aliphatic rings. The van der Waals surface area contributed by atoms with Crippen molar-refractivity contribution >= 4 is 11.8 Å². The van der Waals surface area contributed by atoms with Crippen LogP contribution in [0, 0.1) is 0 Å². The Hall–Kier alpha value is -3.06. The molecule has 0 spiro atoms. The van der Waals surface area contributed by atoms with Crippen molar-refractivity contribution in [1.29, 1.82) is 0 Å². The summed E-state index contributed by atoms with van der Waals surface area (Å²) in [4.78, 5) is 25.4. The molecule has 2 amide bonds. The number of hydrazine groups is 1. The topological polar surface area (TPSA) is 81.1 Å². The van der Waals surface area contributed by atoms with E-state index in [1.54, 1.807) is 24.3 Å². The number of fused-ring (bicyclic) bond motifs is 1. The molecular formula is C22H28N3O4+. The fourth-order valence-electron chi connectivity index (χ4n) is 3.46. The number of amides is 2. The Bertz CT molecular complexity index is 855. The van der Waals surface area contributed by atoms with Crippen LogP contribution < -0.4 is 25.2 Å². The fourth-order valence-corrected chi connectivity index (χ4v) is 3.46. The van der Waals surface area contributed by atoms with E-state index in [1.165, 1.54) is 11.1 Å². The third-order valence-electron chi connectivity index (χ3n) is 4.82. The Morgan fingerprint density at radius 2 is 1.62 bits per heavy atom. The maximum Gasteiger partial charge on any atom is 0.293 e. The molecule has 0 radical (unpaired) electrons. The Balaban J connectivity index is 1.57. The van der Waals surface area contributed by atoms with E-state index in [0.717, 1.165) is 35.9 Å². The average Bonchev–Trinajstić information content (AvgIpc) is 2.73. The van der Waals surface area contributed by atoms with Crippen LogP contribution in [0.1, 0.15) is 35.3 Å². The second-order valence-corrected chi connectivity index (χ2v) is 6.91. The lowest BCUT2D eigenvalue weighted by Gasteiger charge is -2.26. The molecule has 1 unspecified atom stereocenters. The first-order valence-corrected chi connectivity index (χ1v) is 9.99. The smallest absolute Gasteiger partial charge is 0.293 e. The van der Waals surface area contributed by atoms with E-state index in [0.29, 0.717) is 18.8 Å². The molecule has 1 heterocycles. The van der Waals surface area contributed by atoms with E-state index in [-0.39, 0.29) is 18.4 Å². The van der Waals surface area contributed by atoms with Gasteiger partial charge in [0.1, 0.15) is 6.54 Å². The number of nitrogens with one attached hydrogen (secondary N) is 3. The van der Waals surface area contributed by atoms with Gasteiger partial charge in [-0.25, -0.2) is 0 Å². The van der Waals surface area contributed by atoms with E-state index in [4.69, 9.17) is 9.47 Å². The van der Waals surface area contributed by atoms with Gasteiger partial charge in [-0.1, -0.05) is 18.2 Å². The van der Waals surface area contributed by atoms with Crippen molar-refractivity contribution < 1.29 is 24.0 Å². The monoisotopic (exact) mass is 398 g/mol. The first kappa shape index (κ1) is 20.7. The van der Waals surface area contributed by atoms with Gasteiger partial charge in [0.05, 0.1) is 19.8 Å². The Labute approximate surface area is 171 Å². The van der Waals surface area contributed by atoms with Crippen LogP contribution in [0.15, 0.2) is 42.5 Å². The summed E-state index contributed by atoms with van der Waals surface area (Å²) < 4.78 is 11.4. The highest BCUT2D eigenvalue weighted by molar-refractivity contribution is 5.95. The van der Waals surface area contributed by atoms with Crippen molar-refractivity contribution in [2.45, 2.75) is 26.8 Å². The lowest BCUT2D eigenvalue weighted by Crippen LogP contribution is -3.13. The summed E-state index contributed by atoms with van der Waals surface area (Å²) in [6.45, 7) is 6.90.